The summed E-state index contributed by atoms with van der Waals surface area (Å²) in [6, 6.07) is 12.9. The third kappa shape index (κ3) is 8.29. The van der Waals surface area contributed by atoms with E-state index in [1.165, 1.54) is 4.90 Å². The molecule has 0 saturated heterocycles. The lowest BCUT2D eigenvalue weighted by atomic mass is 10.1. The molecule has 1 N–H and O–H groups in total. The summed E-state index contributed by atoms with van der Waals surface area (Å²) in [6.07, 6.45) is 1.41. The van der Waals surface area contributed by atoms with Crippen LogP contribution in [0.1, 0.15) is 39.7 Å². The molecular weight excluding hydrogens is 542 g/mol. The van der Waals surface area contributed by atoms with Crippen molar-refractivity contribution >= 4 is 55.1 Å². The first-order chi connectivity index (χ1) is 15.7. The van der Waals surface area contributed by atoms with Crippen LogP contribution < -0.4 is 9.62 Å². The van der Waals surface area contributed by atoms with Crippen LogP contribution in [0.4, 0.5) is 5.69 Å². The normalized spacial score (nSPS) is 12.7. The average Bonchev–Trinajstić information content (AvgIpc) is 2.71. The van der Waals surface area contributed by atoms with Crippen LogP contribution in [0.15, 0.2) is 53.0 Å². The van der Waals surface area contributed by atoms with Gasteiger partial charge in [0, 0.05) is 21.6 Å². The second-order valence-electron chi connectivity index (χ2n) is 9.06. The van der Waals surface area contributed by atoms with Gasteiger partial charge >= 0.3 is 0 Å². The van der Waals surface area contributed by atoms with Crippen molar-refractivity contribution in [2.24, 2.45) is 0 Å². The number of hydrogen-bond donors (Lipinski definition) is 1. The fraction of sp³-hybridized carbons (Fsp3) is 0.417. The maximum Gasteiger partial charge on any atom is 0.244 e. The Morgan fingerprint density at radius 3 is 2.24 bits per heavy atom. The number of halogens is 2. The summed E-state index contributed by atoms with van der Waals surface area (Å²) < 4.78 is 26.9. The zero-order valence-electron chi connectivity index (χ0n) is 20.0. The quantitative estimate of drug-likeness (QED) is 0.476. The van der Waals surface area contributed by atoms with Crippen LogP contribution in [0, 0.1) is 0 Å². The van der Waals surface area contributed by atoms with Gasteiger partial charge in [0.1, 0.15) is 12.6 Å². The van der Waals surface area contributed by atoms with Crippen LogP contribution in [0.2, 0.25) is 5.02 Å². The molecule has 0 unspecified atom stereocenters. The Labute approximate surface area is 215 Å². The van der Waals surface area contributed by atoms with Gasteiger partial charge in [0.15, 0.2) is 0 Å². The monoisotopic (exact) mass is 571 g/mol. The van der Waals surface area contributed by atoms with Crippen molar-refractivity contribution in [2.75, 3.05) is 17.1 Å². The summed E-state index contributed by atoms with van der Waals surface area (Å²) in [5.74, 6) is -0.790. The first kappa shape index (κ1) is 28.1. The second kappa shape index (κ2) is 11.6. The van der Waals surface area contributed by atoms with E-state index in [0.717, 1.165) is 16.1 Å². The summed E-state index contributed by atoms with van der Waals surface area (Å²) in [7, 11) is -3.78. The number of rotatable bonds is 9. The number of anilines is 1. The fourth-order valence-electron chi connectivity index (χ4n) is 3.40. The smallest absolute Gasteiger partial charge is 0.244 e. The second-order valence-corrected chi connectivity index (χ2v) is 12.3. The van der Waals surface area contributed by atoms with Gasteiger partial charge in [-0.25, -0.2) is 8.42 Å². The van der Waals surface area contributed by atoms with E-state index in [0.29, 0.717) is 21.6 Å². The zero-order chi connectivity index (χ0) is 25.7. The number of hydrogen-bond acceptors (Lipinski definition) is 4. The average molecular weight is 573 g/mol. The third-order valence-corrected chi connectivity index (χ3v) is 6.81. The Kier molecular flexibility index (Phi) is 9.56. The largest absolute Gasteiger partial charge is 0.350 e. The molecule has 2 aromatic carbocycles. The maximum atomic E-state index is 13.6. The van der Waals surface area contributed by atoms with Crippen molar-refractivity contribution in [3.63, 3.8) is 0 Å². The SMILES string of the molecule is CC[C@H](C(=O)NC(C)(C)C)N(Cc1ccc(Cl)cc1)C(=O)CN(c1cccc(Br)c1)S(C)(=O)=O. The van der Waals surface area contributed by atoms with Gasteiger partial charge in [-0.3, -0.25) is 13.9 Å². The van der Waals surface area contributed by atoms with E-state index in [-0.39, 0.29) is 12.5 Å². The molecule has 2 aromatic rings. The summed E-state index contributed by atoms with van der Waals surface area (Å²) in [4.78, 5) is 28.1. The molecule has 0 bridgehead atoms. The molecule has 0 fully saturated rings. The number of nitrogens with zero attached hydrogens (tertiary/aromatic N) is 2. The molecule has 0 saturated carbocycles. The Morgan fingerprint density at radius 1 is 1.12 bits per heavy atom. The molecule has 0 aromatic heterocycles. The predicted molar refractivity (Wildman–Crippen MR) is 140 cm³/mol. The number of benzene rings is 2. The minimum absolute atomic E-state index is 0.127. The molecule has 0 heterocycles. The third-order valence-electron chi connectivity index (χ3n) is 4.93. The highest BCUT2D eigenvalue weighted by Gasteiger charge is 2.33. The van der Waals surface area contributed by atoms with E-state index in [1.54, 1.807) is 48.5 Å². The van der Waals surface area contributed by atoms with Crippen molar-refractivity contribution in [3.8, 4) is 0 Å². The predicted octanol–water partition coefficient (Wildman–Crippen LogP) is 4.59. The van der Waals surface area contributed by atoms with Gasteiger partial charge in [0.25, 0.3) is 0 Å². The molecule has 0 aliphatic rings. The molecule has 2 rings (SSSR count). The maximum absolute atomic E-state index is 13.6. The molecule has 2 amide bonds. The fourth-order valence-corrected chi connectivity index (χ4v) is 4.76. The Balaban J connectivity index is 2.45. The summed E-state index contributed by atoms with van der Waals surface area (Å²) in [6.45, 7) is 7.09. The zero-order valence-corrected chi connectivity index (χ0v) is 23.2. The van der Waals surface area contributed by atoms with E-state index in [4.69, 9.17) is 11.6 Å². The Bertz CT molecular complexity index is 1120. The van der Waals surface area contributed by atoms with Crippen molar-refractivity contribution in [1.29, 1.82) is 0 Å². The molecule has 1 atom stereocenters. The number of sulfonamides is 1. The number of nitrogens with one attached hydrogen (secondary N) is 1. The highest BCUT2D eigenvalue weighted by molar-refractivity contribution is 9.10. The van der Waals surface area contributed by atoms with E-state index in [2.05, 4.69) is 21.2 Å². The lowest BCUT2D eigenvalue weighted by Crippen LogP contribution is -2.55. The molecule has 7 nitrogen and oxygen atoms in total. The van der Waals surface area contributed by atoms with Gasteiger partial charge < -0.3 is 10.2 Å². The van der Waals surface area contributed by atoms with Gasteiger partial charge in [-0.15, -0.1) is 0 Å². The van der Waals surface area contributed by atoms with Crippen LogP contribution in [-0.4, -0.2) is 49.5 Å². The molecule has 0 aliphatic carbocycles. The van der Waals surface area contributed by atoms with Gasteiger partial charge in [-0.05, 0) is 63.1 Å². The molecular formula is C24H31BrClN3O4S. The van der Waals surface area contributed by atoms with Crippen molar-refractivity contribution in [3.05, 3.63) is 63.6 Å². The van der Waals surface area contributed by atoms with E-state index in [9.17, 15) is 18.0 Å². The molecule has 0 spiro atoms. The summed E-state index contributed by atoms with van der Waals surface area (Å²) >= 11 is 9.34. The number of amides is 2. The Hall–Kier alpha value is -2.10. The van der Waals surface area contributed by atoms with Crippen LogP contribution >= 0.6 is 27.5 Å². The standard InChI is InChI=1S/C24H31BrClN3O4S/c1-6-21(23(31)27-24(2,3)4)28(15-17-10-12-19(26)13-11-17)22(30)16-29(34(5,32)33)20-9-7-8-18(25)14-20/h7-14,21H,6,15-16H2,1-5H3,(H,27,31)/t21-/m1/s1. The number of carbonyl (C=O) groups is 2. The summed E-state index contributed by atoms with van der Waals surface area (Å²) in [5, 5.41) is 3.48. The lowest BCUT2D eigenvalue weighted by molar-refractivity contribution is -0.141. The van der Waals surface area contributed by atoms with Gasteiger partial charge in [-0.1, -0.05) is 52.7 Å². The van der Waals surface area contributed by atoms with Gasteiger partial charge in [0.2, 0.25) is 21.8 Å². The van der Waals surface area contributed by atoms with Crippen LogP contribution in [0.5, 0.6) is 0 Å². The highest BCUT2D eigenvalue weighted by atomic mass is 79.9. The van der Waals surface area contributed by atoms with Crippen LogP contribution in [0.25, 0.3) is 0 Å². The van der Waals surface area contributed by atoms with Crippen LogP contribution in [0.3, 0.4) is 0 Å². The number of carbonyl (C=O) groups excluding carboxylic acids is 2. The molecule has 34 heavy (non-hydrogen) atoms. The molecule has 0 radical (unpaired) electrons. The first-order valence-corrected chi connectivity index (χ1v) is 13.8. The first-order valence-electron chi connectivity index (χ1n) is 10.8. The highest BCUT2D eigenvalue weighted by Crippen LogP contribution is 2.23. The van der Waals surface area contributed by atoms with Crippen LogP contribution in [-0.2, 0) is 26.2 Å². The van der Waals surface area contributed by atoms with Crippen molar-refractivity contribution in [2.45, 2.75) is 52.2 Å². The van der Waals surface area contributed by atoms with E-state index >= 15 is 0 Å². The van der Waals surface area contributed by atoms with E-state index < -0.39 is 34.1 Å². The lowest BCUT2D eigenvalue weighted by Gasteiger charge is -2.34. The minimum Gasteiger partial charge on any atom is -0.350 e. The molecule has 0 aliphatic heterocycles. The van der Waals surface area contributed by atoms with Gasteiger partial charge in [-0.2, -0.15) is 0 Å². The summed E-state index contributed by atoms with van der Waals surface area (Å²) in [5.41, 5.74) is 0.631. The minimum atomic E-state index is -3.78. The van der Waals surface area contributed by atoms with Crippen molar-refractivity contribution < 1.29 is 18.0 Å². The van der Waals surface area contributed by atoms with E-state index in [1.807, 2.05) is 27.7 Å². The topological polar surface area (TPSA) is 86.8 Å². The van der Waals surface area contributed by atoms with Crippen molar-refractivity contribution in [1.82, 2.24) is 10.2 Å². The molecule has 186 valence electrons. The molecule has 10 heteroatoms. The van der Waals surface area contributed by atoms with Gasteiger partial charge in [0.05, 0.1) is 11.9 Å². The Morgan fingerprint density at radius 2 is 1.74 bits per heavy atom.